The number of ether oxygens (including phenoxy) is 8. The lowest BCUT2D eigenvalue weighted by atomic mass is 9.75. The Morgan fingerprint density at radius 1 is 0.529 bits per heavy atom. The van der Waals surface area contributed by atoms with Crippen molar-refractivity contribution >= 4 is 63.5 Å². The van der Waals surface area contributed by atoms with Crippen LogP contribution < -0.4 is 43.2 Å². The van der Waals surface area contributed by atoms with E-state index < -0.39 is 27.2 Å². The number of nitro groups is 2. The fraction of sp³-hybridized carbons (Fsp3) is 0.366. The molecule has 0 spiro atoms. The van der Waals surface area contributed by atoms with Gasteiger partial charge in [0.15, 0.2) is 17.2 Å². The van der Waals surface area contributed by atoms with Crippen LogP contribution in [0.5, 0.6) is 46.0 Å². The van der Waals surface area contributed by atoms with Gasteiger partial charge < -0.3 is 43.2 Å². The van der Waals surface area contributed by atoms with Gasteiger partial charge in [0.1, 0.15) is 87.0 Å². The highest BCUT2D eigenvalue weighted by atomic mass is 35.5. The molecule has 5 heterocycles. The quantitative estimate of drug-likeness (QED) is 0.0136. The minimum atomic E-state index is -0.895. The number of fused-ring (bicyclic) bond motifs is 2. The molecular weight excluding hydrogens is 1360 g/mol. The number of aromatic amines is 5. The number of anilines is 1. The highest BCUT2D eigenvalue weighted by molar-refractivity contribution is 6.38. The third-order valence-corrected chi connectivity index (χ3v) is 19.5. The molecular formula is C71H77Cl2N13O16. The van der Waals surface area contributed by atoms with Crippen LogP contribution in [0.25, 0.3) is 22.8 Å². The molecule has 102 heavy (non-hydrogen) atoms. The molecule has 29 nitrogen and oxygen atoms in total. The standard InChI is InChI=1S/C21H21Cl2N5O3.C18H19N5O4.C18H19N3O6.C14H18O3/c1-4-16(29)25-13-9-24-27-21(13)20-11-6-5-10(7-12(11)26-28-20)17-18(22)14(30-2)8-15(31-3)19(17)23;1-26-12-5-11(6-13(8-12)27-2)10-3-4-14-15(7-10)20-22-17(14)18-16(23(24)25)9-19-21-18;1-26-12-5-11(6-13(8-12)27-2)10-3-4-14(16(22)7-10)18(23)17-15(21(24)25)9-19-20-17;1-16-13-7-11(8-14(9-13)17-2)10-4-3-5-12(15)6-10/h4,8-10H,1,5-7H2,2-3H3,(H,24,27)(H,25,29)(H,26,28);5-6,8-10H,3-4,7H2,1-2H3,(H,19,21)(H,20,22);5-6,8-10,14H,3-4,7H2,1-2H3,(H,19,20);7-10H,3-6H2,1-2H3. The summed E-state index contributed by atoms with van der Waals surface area (Å²) in [6.45, 7) is 3.48. The molecule has 31 heteroatoms. The summed E-state index contributed by atoms with van der Waals surface area (Å²) in [5.41, 5.74) is 10.2. The third kappa shape index (κ3) is 16.5. The molecule has 4 aliphatic carbocycles. The predicted molar refractivity (Wildman–Crippen MR) is 376 cm³/mol. The number of aromatic nitrogens is 10. The zero-order chi connectivity index (χ0) is 72.9. The molecule has 5 atom stereocenters. The van der Waals surface area contributed by atoms with Gasteiger partial charge in [-0.2, -0.15) is 25.5 Å². The first-order chi connectivity index (χ1) is 49.2. The van der Waals surface area contributed by atoms with Crippen LogP contribution in [0.2, 0.25) is 10.0 Å². The van der Waals surface area contributed by atoms with Crippen LogP contribution >= 0.6 is 23.2 Å². The first-order valence-electron chi connectivity index (χ1n) is 32.6. The van der Waals surface area contributed by atoms with E-state index in [0.717, 1.165) is 131 Å². The lowest BCUT2D eigenvalue weighted by molar-refractivity contribution is -0.385. The lowest BCUT2D eigenvalue weighted by Gasteiger charge is -2.27. The molecule has 536 valence electrons. The van der Waals surface area contributed by atoms with Crippen LogP contribution in [0.15, 0.2) is 91.9 Å². The Hall–Kier alpha value is -11.1. The Morgan fingerprint density at radius 3 is 1.46 bits per heavy atom. The number of H-pyrrole nitrogens is 5. The fourth-order valence-electron chi connectivity index (χ4n) is 13.4. The van der Waals surface area contributed by atoms with Gasteiger partial charge in [0.2, 0.25) is 5.91 Å². The van der Waals surface area contributed by atoms with Crippen molar-refractivity contribution in [3.05, 3.63) is 173 Å². The van der Waals surface area contributed by atoms with Crippen LogP contribution in [-0.4, -0.2) is 141 Å². The maximum atomic E-state index is 12.6. The SMILES string of the molecule is C=CC(=O)Nc1cn[nH]c1-c1n[nH]c2c1CCC(c1c(Cl)c(OC)cc(OC)c1Cl)C2.COc1cc(OC)cc(C2CCC(C(=O)c3[nH]ncc3[N+](=O)[O-])C(=O)C2)c1.COc1cc(OC)cc(C2CCCC(=O)C2)c1.COc1cc(OC)cc(C2CCc3c(-c4[nH]ncc4[N+](=O)[O-])n[nH]c3C2)c1. The molecule has 2 saturated carbocycles. The number of halogens is 2. The number of carbonyl (C=O) groups excluding carboxylic acids is 4. The highest BCUT2D eigenvalue weighted by Gasteiger charge is 2.39. The average molecular weight is 1440 g/mol. The van der Waals surface area contributed by atoms with E-state index >= 15 is 0 Å². The Morgan fingerprint density at radius 2 is 0.980 bits per heavy atom. The van der Waals surface area contributed by atoms with Gasteiger partial charge in [-0.3, -0.25) is 64.9 Å². The molecule has 0 bridgehead atoms. The van der Waals surface area contributed by atoms with E-state index in [0.29, 0.717) is 93.2 Å². The monoisotopic (exact) mass is 1440 g/mol. The van der Waals surface area contributed by atoms with E-state index in [1.807, 2.05) is 48.5 Å². The second kappa shape index (κ2) is 33.4. The van der Waals surface area contributed by atoms with Gasteiger partial charge in [0.05, 0.1) is 94.6 Å². The number of amides is 1. The molecule has 9 aromatic rings. The van der Waals surface area contributed by atoms with Crippen molar-refractivity contribution in [1.29, 1.82) is 0 Å². The number of ketones is 3. The van der Waals surface area contributed by atoms with Crippen molar-refractivity contribution in [3.8, 4) is 68.8 Å². The molecule has 1 amide bonds. The maximum absolute atomic E-state index is 12.6. The lowest BCUT2D eigenvalue weighted by Crippen LogP contribution is -2.31. The average Bonchev–Trinajstić information content (AvgIpc) is 1.48. The van der Waals surface area contributed by atoms with Crippen molar-refractivity contribution in [2.24, 2.45) is 5.92 Å². The van der Waals surface area contributed by atoms with E-state index in [1.54, 1.807) is 75.2 Å². The van der Waals surface area contributed by atoms with Gasteiger partial charge in [0.25, 0.3) is 0 Å². The Balaban J connectivity index is 0.000000149. The van der Waals surface area contributed by atoms with E-state index in [-0.39, 0.29) is 47.2 Å². The van der Waals surface area contributed by atoms with E-state index in [9.17, 15) is 39.4 Å². The maximum Gasteiger partial charge on any atom is 0.317 e. The largest absolute Gasteiger partial charge is 0.497 e. The van der Waals surface area contributed by atoms with Crippen LogP contribution in [-0.2, 0) is 40.1 Å². The van der Waals surface area contributed by atoms with Gasteiger partial charge >= 0.3 is 11.4 Å². The van der Waals surface area contributed by atoms with Crippen LogP contribution in [0.3, 0.4) is 0 Å². The van der Waals surface area contributed by atoms with Crippen molar-refractivity contribution in [2.45, 2.75) is 107 Å². The van der Waals surface area contributed by atoms with Crippen molar-refractivity contribution in [2.75, 3.05) is 62.2 Å². The summed E-state index contributed by atoms with van der Waals surface area (Å²) in [7, 11) is 12.8. The number of methoxy groups -OCH3 is 8. The summed E-state index contributed by atoms with van der Waals surface area (Å²) in [6.07, 6.45) is 14.1. The zero-order valence-electron chi connectivity index (χ0n) is 57.3. The smallest absolute Gasteiger partial charge is 0.317 e. The predicted octanol–water partition coefficient (Wildman–Crippen LogP) is 13.1. The van der Waals surface area contributed by atoms with Crippen LogP contribution in [0, 0.1) is 26.1 Å². The Labute approximate surface area is 595 Å². The summed E-state index contributed by atoms with van der Waals surface area (Å²) < 4.78 is 42.6. The van der Waals surface area contributed by atoms with Gasteiger partial charge in [-0.25, -0.2) is 0 Å². The van der Waals surface area contributed by atoms with Gasteiger partial charge in [-0.1, -0.05) is 29.8 Å². The van der Waals surface area contributed by atoms with Gasteiger partial charge in [-0.15, -0.1) is 0 Å². The second-order valence-corrected chi connectivity index (χ2v) is 25.3. The second-order valence-electron chi connectivity index (χ2n) is 24.5. The number of nitrogens with zero attached hydrogens (tertiary/aromatic N) is 7. The molecule has 0 radical (unpaired) electrons. The Bertz CT molecular complexity index is 4460. The summed E-state index contributed by atoms with van der Waals surface area (Å²) in [4.78, 5) is 69.5. The van der Waals surface area contributed by atoms with Crippen molar-refractivity contribution in [3.63, 3.8) is 0 Å². The van der Waals surface area contributed by atoms with Crippen LogP contribution in [0.4, 0.5) is 17.1 Å². The number of carbonyl (C=O) groups is 4. The highest BCUT2D eigenvalue weighted by Crippen LogP contribution is 2.49. The Kier molecular flexibility index (Phi) is 24.1. The molecule has 4 aromatic carbocycles. The summed E-state index contributed by atoms with van der Waals surface area (Å²) in [5, 5.41) is 60.3. The molecule has 0 saturated heterocycles. The molecule has 5 unspecified atom stereocenters. The number of benzene rings is 4. The summed E-state index contributed by atoms with van der Waals surface area (Å²) >= 11 is 13.2. The molecule has 0 aliphatic heterocycles. The molecule has 13 rings (SSSR count). The first kappa shape index (κ1) is 73.6. The fourth-order valence-corrected chi connectivity index (χ4v) is 14.2. The number of rotatable bonds is 20. The third-order valence-electron chi connectivity index (χ3n) is 18.7. The molecule has 4 aliphatic rings. The molecule has 5 aromatic heterocycles. The van der Waals surface area contributed by atoms with E-state index in [1.165, 1.54) is 12.3 Å². The summed E-state index contributed by atoms with van der Waals surface area (Å²) in [6, 6.07) is 18.9. The van der Waals surface area contributed by atoms with E-state index in [4.69, 9.17) is 61.1 Å². The van der Waals surface area contributed by atoms with E-state index in [2.05, 4.69) is 62.9 Å². The zero-order valence-corrected chi connectivity index (χ0v) is 58.8. The summed E-state index contributed by atoms with van der Waals surface area (Å²) in [5.74, 6) is 4.33. The van der Waals surface area contributed by atoms with Crippen LogP contribution in [0.1, 0.15) is 137 Å². The first-order valence-corrected chi connectivity index (χ1v) is 33.3. The minimum absolute atomic E-state index is 0.0616. The van der Waals surface area contributed by atoms with Crippen molar-refractivity contribution < 1.29 is 66.9 Å². The van der Waals surface area contributed by atoms with Gasteiger partial charge in [-0.05, 0) is 147 Å². The number of Topliss-reactive ketones (excluding diaryl/α,β-unsaturated/α-hetero) is 3. The number of hydrogen-bond donors (Lipinski definition) is 6. The molecule has 2 fully saturated rings. The minimum Gasteiger partial charge on any atom is -0.497 e. The number of hydrogen-bond acceptors (Lipinski definition) is 21. The normalized spacial score (nSPS) is 17.4. The van der Waals surface area contributed by atoms with Gasteiger partial charge in [0, 0.05) is 71.6 Å². The van der Waals surface area contributed by atoms with Crippen molar-refractivity contribution in [1.82, 2.24) is 51.0 Å². The topological polar surface area (TPSA) is 384 Å². The number of nitrogens with one attached hydrogen (secondary N) is 6. The molecule has 6 N–H and O–H groups in total.